The molecule has 90 valence electrons. The van der Waals surface area contributed by atoms with Gasteiger partial charge in [-0.3, -0.25) is 0 Å². The Morgan fingerprint density at radius 2 is 2.06 bits per heavy atom. The molecule has 0 aromatic carbocycles. The highest BCUT2D eigenvalue weighted by Gasteiger charge is 2.36. The van der Waals surface area contributed by atoms with Crippen LogP contribution in [0.2, 0.25) is 0 Å². The zero-order valence-electron chi connectivity index (χ0n) is 9.86. The molecule has 2 rings (SSSR count). The van der Waals surface area contributed by atoms with E-state index in [-0.39, 0.29) is 0 Å². The number of anilines is 1. The molecule has 0 spiro atoms. The number of rotatable bonds is 3. The first-order chi connectivity index (χ1) is 7.49. The van der Waals surface area contributed by atoms with Crippen LogP contribution in [-0.2, 0) is 0 Å². The van der Waals surface area contributed by atoms with Gasteiger partial charge in [-0.2, -0.15) is 0 Å². The smallest absolute Gasteiger partial charge is 0.205 e. The van der Waals surface area contributed by atoms with Gasteiger partial charge in [0.05, 0.1) is 5.60 Å². The summed E-state index contributed by atoms with van der Waals surface area (Å²) in [6, 6.07) is 0. The van der Waals surface area contributed by atoms with Crippen LogP contribution in [0, 0.1) is 5.41 Å². The molecular formula is C11H19N3OS. The highest BCUT2D eigenvalue weighted by Crippen LogP contribution is 2.40. The lowest BCUT2D eigenvalue weighted by molar-refractivity contribution is -0.0145. The largest absolute Gasteiger partial charge is 0.388 e. The molecule has 0 radical (unpaired) electrons. The van der Waals surface area contributed by atoms with E-state index in [1.54, 1.807) is 5.51 Å². The standard InChI is InChI=1S/C11H19N3OS/c1-10(2)3-5-11(15,6-4-10)7-12-9-14-13-8-16-9/h8,15H,3-7H2,1-2H3,(H,12,14). The summed E-state index contributed by atoms with van der Waals surface area (Å²) < 4.78 is 0. The van der Waals surface area contributed by atoms with E-state index in [2.05, 4.69) is 29.4 Å². The van der Waals surface area contributed by atoms with Gasteiger partial charge in [-0.05, 0) is 31.1 Å². The third-order valence-electron chi connectivity index (χ3n) is 3.46. The number of nitrogens with one attached hydrogen (secondary N) is 1. The van der Waals surface area contributed by atoms with Crippen LogP contribution in [0.1, 0.15) is 39.5 Å². The number of nitrogens with zero attached hydrogens (tertiary/aromatic N) is 2. The van der Waals surface area contributed by atoms with Crippen LogP contribution in [-0.4, -0.2) is 27.4 Å². The second-order valence-corrected chi connectivity index (χ2v) is 6.32. The highest BCUT2D eigenvalue weighted by molar-refractivity contribution is 7.13. The summed E-state index contributed by atoms with van der Waals surface area (Å²) >= 11 is 1.47. The molecule has 0 unspecified atom stereocenters. The van der Waals surface area contributed by atoms with Crippen molar-refractivity contribution in [3.05, 3.63) is 5.51 Å². The molecule has 0 amide bonds. The molecule has 4 nitrogen and oxygen atoms in total. The molecule has 1 fully saturated rings. The molecule has 1 aliphatic carbocycles. The molecule has 1 aromatic rings. The van der Waals surface area contributed by atoms with Crippen molar-refractivity contribution in [1.29, 1.82) is 0 Å². The van der Waals surface area contributed by atoms with Gasteiger partial charge in [0, 0.05) is 6.54 Å². The van der Waals surface area contributed by atoms with Gasteiger partial charge in [-0.1, -0.05) is 25.2 Å². The zero-order chi connectivity index (χ0) is 11.6. The molecule has 0 atom stereocenters. The maximum absolute atomic E-state index is 10.4. The Hall–Kier alpha value is -0.680. The molecule has 0 saturated heterocycles. The molecule has 16 heavy (non-hydrogen) atoms. The predicted octanol–water partition coefficient (Wildman–Crippen LogP) is 2.28. The molecule has 1 aromatic heterocycles. The van der Waals surface area contributed by atoms with Crippen LogP contribution in [0.4, 0.5) is 5.13 Å². The van der Waals surface area contributed by atoms with Crippen LogP contribution in [0.5, 0.6) is 0 Å². The van der Waals surface area contributed by atoms with Gasteiger partial charge in [-0.25, -0.2) is 0 Å². The second-order valence-electron chi connectivity index (χ2n) is 5.49. The van der Waals surface area contributed by atoms with Crippen LogP contribution < -0.4 is 5.32 Å². The number of aliphatic hydroxyl groups is 1. The summed E-state index contributed by atoms with van der Waals surface area (Å²) in [5.74, 6) is 0. The fraction of sp³-hybridized carbons (Fsp3) is 0.818. The first-order valence-electron chi connectivity index (χ1n) is 5.72. The Labute approximate surface area is 100 Å². The third-order valence-corrected chi connectivity index (χ3v) is 4.11. The topological polar surface area (TPSA) is 58.0 Å². The quantitative estimate of drug-likeness (QED) is 0.852. The van der Waals surface area contributed by atoms with E-state index in [4.69, 9.17) is 0 Å². The van der Waals surface area contributed by atoms with E-state index in [1.165, 1.54) is 11.3 Å². The number of hydrogen-bond donors (Lipinski definition) is 2. The Morgan fingerprint density at radius 1 is 1.38 bits per heavy atom. The van der Waals surface area contributed by atoms with Crippen molar-refractivity contribution in [1.82, 2.24) is 10.2 Å². The maximum Gasteiger partial charge on any atom is 0.205 e. The lowest BCUT2D eigenvalue weighted by atomic mass is 9.71. The van der Waals surface area contributed by atoms with Crippen LogP contribution >= 0.6 is 11.3 Å². The van der Waals surface area contributed by atoms with E-state index < -0.39 is 5.60 Å². The van der Waals surface area contributed by atoms with E-state index >= 15 is 0 Å². The van der Waals surface area contributed by atoms with Crippen molar-refractivity contribution in [2.24, 2.45) is 5.41 Å². The Morgan fingerprint density at radius 3 is 2.62 bits per heavy atom. The van der Waals surface area contributed by atoms with E-state index in [1.807, 2.05) is 0 Å². The SMILES string of the molecule is CC1(C)CCC(O)(CNc2nncs2)CC1. The maximum atomic E-state index is 10.4. The summed E-state index contributed by atoms with van der Waals surface area (Å²) in [6.45, 7) is 5.12. The minimum absolute atomic E-state index is 0.384. The van der Waals surface area contributed by atoms with E-state index in [0.717, 1.165) is 30.8 Å². The lowest BCUT2D eigenvalue weighted by Crippen LogP contribution is -2.42. The minimum Gasteiger partial charge on any atom is -0.388 e. The molecule has 1 heterocycles. The molecule has 2 N–H and O–H groups in total. The molecule has 0 aliphatic heterocycles. The van der Waals surface area contributed by atoms with Crippen LogP contribution in [0.25, 0.3) is 0 Å². The van der Waals surface area contributed by atoms with Gasteiger partial charge in [-0.15, -0.1) is 10.2 Å². The Balaban J connectivity index is 1.85. The van der Waals surface area contributed by atoms with Gasteiger partial charge < -0.3 is 10.4 Å². The monoisotopic (exact) mass is 241 g/mol. The second kappa shape index (κ2) is 4.30. The van der Waals surface area contributed by atoms with Gasteiger partial charge in [0.1, 0.15) is 5.51 Å². The van der Waals surface area contributed by atoms with Crippen molar-refractivity contribution in [3.63, 3.8) is 0 Å². The summed E-state index contributed by atoms with van der Waals surface area (Å²) in [6.07, 6.45) is 3.90. The fourth-order valence-corrected chi connectivity index (χ4v) is 2.50. The molecular weight excluding hydrogens is 222 g/mol. The summed E-state index contributed by atoms with van der Waals surface area (Å²) in [5, 5.41) is 22.0. The first-order valence-corrected chi connectivity index (χ1v) is 6.60. The van der Waals surface area contributed by atoms with Crippen molar-refractivity contribution in [2.45, 2.75) is 45.1 Å². The van der Waals surface area contributed by atoms with E-state index in [0.29, 0.717) is 12.0 Å². The summed E-state index contributed by atoms with van der Waals surface area (Å²) in [7, 11) is 0. The Kier molecular flexibility index (Phi) is 3.17. The number of hydrogen-bond acceptors (Lipinski definition) is 5. The van der Waals surface area contributed by atoms with Crippen molar-refractivity contribution < 1.29 is 5.11 Å². The van der Waals surface area contributed by atoms with Crippen molar-refractivity contribution in [3.8, 4) is 0 Å². The average molecular weight is 241 g/mol. The highest BCUT2D eigenvalue weighted by atomic mass is 32.1. The molecule has 5 heteroatoms. The van der Waals surface area contributed by atoms with Gasteiger partial charge in [0.15, 0.2) is 0 Å². The minimum atomic E-state index is -0.568. The predicted molar refractivity (Wildman–Crippen MR) is 65.6 cm³/mol. The third kappa shape index (κ3) is 2.92. The zero-order valence-corrected chi connectivity index (χ0v) is 10.7. The Bertz CT molecular complexity index is 327. The van der Waals surface area contributed by atoms with Gasteiger partial charge >= 0.3 is 0 Å². The first kappa shape index (κ1) is 11.8. The average Bonchev–Trinajstić information content (AvgIpc) is 2.74. The molecule has 1 saturated carbocycles. The normalized spacial score (nSPS) is 22.9. The molecule has 1 aliphatic rings. The van der Waals surface area contributed by atoms with Crippen LogP contribution in [0.3, 0.4) is 0 Å². The summed E-state index contributed by atoms with van der Waals surface area (Å²) in [5.41, 5.74) is 1.51. The fourth-order valence-electron chi connectivity index (χ4n) is 2.06. The van der Waals surface area contributed by atoms with Crippen molar-refractivity contribution in [2.75, 3.05) is 11.9 Å². The summed E-state index contributed by atoms with van der Waals surface area (Å²) in [4.78, 5) is 0. The van der Waals surface area contributed by atoms with E-state index in [9.17, 15) is 5.11 Å². The molecule has 0 bridgehead atoms. The van der Waals surface area contributed by atoms with Crippen molar-refractivity contribution >= 4 is 16.5 Å². The van der Waals surface area contributed by atoms with Gasteiger partial charge in [0.2, 0.25) is 5.13 Å². The van der Waals surface area contributed by atoms with Gasteiger partial charge in [0.25, 0.3) is 0 Å². The number of aromatic nitrogens is 2. The lowest BCUT2D eigenvalue weighted by Gasteiger charge is -2.40. The van der Waals surface area contributed by atoms with Crippen LogP contribution in [0.15, 0.2) is 5.51 Å².